The molecule has 0 aromatic heterocycles. The standard InChI is InChI=1S/C14H22N2O3/c1-14(10-17,16-5-2-3-15-4-6-16)11-7-12(18)9-13(19)8-11/h7-9,15,17-19H,2-6,10H2,1H3. The molecular formula is C14H22N2O3. The third-order valence-electron chi connectivity index (χ3n) is 3.87. The summed E-state index contributed by atoms with van der Waals surface area (Å²) in [4.78, 5) is 2.20. The second-order valence-corrected chi connectivity index (χ2v) is 5.26. The molecule has 1 aliphatic rings. The van der Waals surface area contributed by atoms with Gasteiger partial charge in [0.15, 0.2) is 0 Å². The van der Waals surface area contributed by atoms with Crippen LogP contribution in [0.1, 0.15) is 18.9 Å². The molecule has 1 heterocycles. The average Bonchev–Trinajstić information content (AvgIpc) is 2.65. The average molecular weight is 266 g/mol. The molecule has 0 saturated carbocycles. The molecule has 1 unspecified atom stereocenters. The van der Waals surface area contributed by atoms with E-state index >= 15 is 0 Å². The summed E-state index contributed by atoms with van der Waals surface area (Å²) in [6, 6.07) is 4.51. The molecule has 1 atom stereocenters. The molecule has 0 radical (unpaired) electrons. The van der Waals surface area contributed by atoms with Crippen molar-refractivity contribution in [1.29, 1.82) is 0 Å². The zero-order valence-electron chi connectivity index (χ0n) is 11.3. The summed E-state index contributed by atoms with van der Waals surface area (Å²) in [5.41, 5.74) is 0.136. The molecule has 1 aromatic rings. The lowest BCUT2D eigenvalue weighted by atomic mass is 9.90. The number of nitrogens with zero attached hydrogens (tertiary/aromatic N) is 1. The van der Waals surface area contributed by atoms with Crippen LogP contribution in [0, 0.1) is 0 Å². The van der Waals surface area contributed by atoms with E-state index in [9.17, 15) is 15.3 Å². The van der Waals surface area contributed by atoms with Crippen molar-refractivity contribution < 1.29 is 15.3 Å². The number of phenolic OH excluding ortho intramolecular Hbond substituents is 2. The number of phenols is 2. The minimum Gasteiger partial charge on any atom is -0.508 e. The van der Waals surface area contributed by atoms with E-state index < -0.39 is 5.54 Å². The molecule has 0 amide bonds. The maximum atomic E-state index is 9.84. The molecule has 0 bridgehead atoms. The molecule has 4 N–H and O–H groups in total. The number of aliphatic hydroxyl groups excluding tert-OH is 1. The summed E-state index contributed by atoms with van der Waals surface area (Å²) in [5.74, 6) is 0.0326. The molecule has 2 rings (SSSR count). The second kappa shape index (κ2) is 5.77. The number of aliphatic hydroxyl groups is 1. The van der Waals surface area contributed by atoms with Crippen molar-refractivity contribution in [2.24, 2.45) is 0 Å². The van der Waals surface area contributed by atoms with Crippen LogP contribution >= 0.6 is 0 Å². The second-order valence-electron chi connectivity index (χ2n) is 5.26. The Morgan fingerprint density at radius 3 is 2.47 bits per heavy atom. The first-order valence-corrected chi connectivity index (χ1v) is 6.66. The van der Waals surface area contributed by atoms with Gasteiger partial charge in [0.2, 0.25) is 0 Å². The van der Waals surface area contributed by atoms with E-state index in [0.29, 0.717) is 0 Å². The Morgan fingerprint density at radius 2 is 1.84 bits per heavy atom. The maximum absolute atomic E-state index is 9.84. The van der Waals surface area contributed by atoms with Gasteiger partial charge in [0.25, 0.3) is 0 Å². The summed E-state index contributed by atoms with van der Waals surface area (Å²) in [6.45, 7) is 5.43. The maximum Gasteiger partial charge on any atom is 0.119 e. The van der Waals surface area contributed by atoms with Crippen molar-refractivity contribution in [1.82, 2.24) is 10.2 Å². The Bertz CT molecular complexity index is 410. The fraction of sp³-hybridized carbons (Fsp3) is 0.571. The molecule has 1 aliphatic heterocycles. The fourth-order valence-corrected chi connectivity index (χ4v) is 2.62. The number of hydrogen-bond acceptors (Lipinski definition) is 5. The van der Waals surface area contributed by atoms with Crippen LogP contribution in [0.5, 0.6) is 11.5 Å². The van der Waals surface area contributed by atoms with Crippen molar-refractivity contribution in [2.75, 3.05) is 32.8 Å². The Morgan fingerprint density at radius 1 is 1.16 bits per heavy atom. The van der Waals surface area contributed by atoms with Crippen LogP contribution in [0.25, 0.3) is 0 Å². The van der Waals surface area contributed by atoms with Gasteiger partial charge in [0, 0.05) is 25.7 Å². The summed E-state index contributed by atoms with van der Waals surface area (Å²) in [5, 5.41) is 32.4. The van der Waals surface area contributed by atoms with E-state index in [2.05, 4.69) is 10.2 Å². The van der Waals surface area contributed by atoms with Crippen LogP contribution in [0.3, 0.4) is 0 Å². The van der Waals surface area contributed by atoms with E-state index in [1.54, 1.807) is 12.1 Å². The molecular weight excluding hydrogens is 244 g/mol. The molecule has 19 heavy (non-hydrogen) atoms. The van der Waals surface area contributed by atoms with Crippen LogP contribution in [-0.2, 0) is 5.54 Å². The largest absolute Gasteiger partial charge is 0.508 e. The van der Waals surface area contributed by atoms with Gasteiger partial charge in [0.1, 0.15) is 11.5 Å². The smallest absolute Gasteiger partial charge is 0.119 e. The topological polar surface area (TPSA) is 76.0 Å². The van der Waals surface area contributed by atoms with Gasteiger partial charge in [-0.15, -0.1) is 0 Å². The van der Waals surface area contributed by atoms with Crippen molar-refractivity contribution in [3.63, 3.8) is 0 Å². The lowest BCUT2D eigenvalue weighted by molar-refractivity contribution is 0.0450. The molecule has 106 valence electrons. The quantitative estimate of drug-likeness (QED) is 0.644. The molecule has 0 spiro atoms. The van der Waals surface area contributed by atoms with Crippen LogP contribution in [0.15, 0.2) is 18.2 Å². The predicted octanol–water partition coefficient (Wildman–Crippen LogP) is 0.601. The molecule has 0 aliphatic carbocycles. The van der Waals surface area contributed by atoms with Gasteiger partial charge in [-0.25, -0.2) is 0 Å². The Hall–Kier alpha value is -1.30. The van der Waals surface area contributed by atoms with Gasteiger partial charge in [0.05, 0.1) is 12.1 Å². The lowest BCUT2D eigenvalue weighted by Gasteiger charge is -2.40. The fourth-order valence-electron chi connectivity index (χ4n) is 2.62. The van der Waals surface area contributed by atoms with Crippen molar-refractivity contribution in [2.45, 2.75) is 18.9 Å². The third-order valence-corrected chi connectivity index (χ3v) is 3.87. The number of nitrogens with one attached hydrogen (secondary N) is 1. The highest BCUT2D eigenvalue weighted by atomic mass is 16.3. The van der Waals surface area contributed by atoms with Gasteiger partial charge >= 0.3 is 0 Å². The highest BCUT2D eigenvalue weighted by molar-refractivity contribution is 5.40. The number of benzene rings is 1. The minimum absolute atomic E-state index is 0.0163. The van der Waals surface area contributed by atoms with Crippen molar-refractivity contribution in [3.05, 3.63) is 23.8 Å². The third kappa shape index (κ3) is 3.00. The first kappa shape index (κ1) is 14.1. The molecule has 5 heteroatoms. The summed E-state index contributed by atoms with van der Waals surface area (Å²) >= 11 is 0. The number of aromatic hydroxyl groups is 2. The van der Waals surface area contributed by atoms with E-state index in [0.717, 1.165) is 38.2 Å². The number of rotatable bonds is 3. The van der Waals surface area contributed by atoms with Crippen LogP contribution in [0.4, 0.5) is 0 Å². The first-order chi connectivity index (χ1) is 9.06. The summed E-state index contributed by atoms with van der Waals surface area (Å²) in [6.07, 6.45) is 1.01. The van der Waals surface area contributed by atoms with E-state index in [-0.39, 0.29) is 18.1 Å². The minimum atomic E-state index is -0.595. The highest BCUT2D eigenvalue weighted by Crippen LogP contribution is 2.33. The Labute approximate surface area is 113 Å². The molecule has 1 fully saturated rings. The Balaban J connectivity index is 2.34. The molecule has 1 aromatic carbocycles. The SMILES string of the molecule is CC(CO)(c1cc(O)cc(O)c1)N1CCCNCC1. The summed E-state index contributed by atoms with van der Waals surface area (Å²) < 4.78 is 0. The van der Waals surface area contributed by atoms with Crippen LogP contribution in [-0.4, -0.2) is 53.0 Å². The van der Waals surface area contributed by atoms with E-state index in [1.807, 2.05) is 6.92 Å². The monoisotopic (exact) mass is 266 g/mol. The van der Waals surface area contributed by atoms with Crippen molar-refractivity contribution >= 4 is 0 Å². The summed E-state index contributed by atoms with van der Waals surface area (Å²) in [7, 11) is 0. The van der Waals surface area contributed by atoms with Gasteiger partial charge in [-0.05, 0) is 37.6 Å². The van der Waals surface area contributed by atoms with Gasteiger partial charge in [-0.3, -0.25) is 4.90 Å². The van der Waals surface area contributed by atoms with E-state index in [1.165, 1.54) is 6.07 Å². The van der Waals surface area contributed by atoms with Gasteiger partial charge < -0.3 is 20.6 Å². The number of hydrogen-bond donors (Lipinski definition) is 4. The first-order valence-electron chi connectivity index (χ1n) is 6.66. The van der Waals surface area contributed by atoms with Crippen LogP contribution < -0.4 is 5.32 Å². The Kier molecular flexibility index (Phi) is 4.29. The highest BCUT2D eigenvalue weighted by Gasteiger charge is 2.34. The molecule has 5 nitrogen and oxygen atoms in total. The van der Waals surface area contributed by atoms with Gasteiger partial charge in [-0.2, -0.15) is 0 Å². The van der Waals surface area contributed by atoms with E-state index in [4.69, 9.17) is 0 Å². The zero-order chi connectivity index (χ0) is 13.9. The normalized spacial score (nSPS) is 20.7. The van der Waals surface area contributed by atoms with Gasteiger partial charge in [-0.1, -0.05) is 0 Å². The van der Waals surface area contributed by atoms with Crippen LogP contribution in [0.2, 0.25) is 0 Å². The molecule has 1 saturated heterocycles. The predicted molar refractivity (Wildman–Crippen MR) is 73.3 cm³/mol. The van der Waals surface area contributed by atoms with Crippen molar-refractivity contribution in [3.8, 4) is 11.5 Å². The zero-order valence-corrected chi connectivity index (χ0v) is 11.3. The lowest BCUT2D eigenvalue weighted by Crippen LogP contribution is -2.48.